The van der Waals surface area contributed by atoms with E-state index in [1.165, 1.54) is 0 Å². The molecule has 130 valence electrons. The van der Waals surface area contributed by atoms with E-state index in [4.69, 9.17) is 4.52 Å². The summed E-state index contributed by atoms with van der Waals surface area (Å²) in [5.41, 5.74) is 0.266. The van der Waals surface area contributed by atoms with Crippen LogP contribution in [0.3, 0.4) is 0 Å². The monoisotopic (exact) mass is 339 g/mol. The first kappa shape index (κ1) is 16.9. The number of carbonyl (C=O) groups is 1. The summed E-state index contributed by atoms with van der Waals surface area (Å²) in [5, 5.41) is 6.83. The lowest BCUT2D eigenvalue weighted by molar-refractivity contribution is 0.0932. The second-order valence-electron chi connectivity index (χ2n) is 6.90. The molecule has 1 N–H and O–H groups in total. The summed E-state index contributed by atoms with van der Waals surface area (Å²) in [6.45, 7) is 7.81. The third-order valence-corrected chi connectivity index (χ3v) is 3.71. The third kappa shape index (κ3) is 3.76. The summed E-state index contributed by atoms with van der Waals surface area (Å²) < 4.78 is 7.13. The lowest BCUT2D eigenvalue weighted by Crippen LogP contribution is -2.27. The van der Waals surface area contributed by atoms with Crippen molar-refractivity contribution < 1.29 is 9.32 Å². The summed E-state index contributed by atoms with van der Waals surface area (Å²) in [6.07, 6.45) is 5.34. The van der Waals surface area contributed by atoms with Crippen LogP contribution in [0.4, 0.5) is 0 Å². The van der Waals surface area contributed by atoms with Gasteiger partial charge in [-0.1, -0.05) is 25.9 Å². The molecule has 0 fully saturated rings. The van der Waals surface area contributed by atoms with Crippen molar-refractivity contribution in [3.05, 3.63) is 60.1 Å². The Morgan fingerprint density at radius 2 is 1.96 bits per heavy atom. The first-order valence-electron chi connectivity index (χ1n) is 8.09. The van der Waals surface area contributed by atoms with Gasteiger partial charge in [0.15, 0.2) is 5.82 Å². The Kier molecular flexibility index (Phi) is 4.39. The van der Waals surface area contributed by atoms with Crippen LogP contribution in [0.2, 0.25) is 0 Å². The van der Waals surface area contributed by atoms with E-state index in [1.807, 2.05) is 49.9 Å². The molecule has 7 nitrogen and oxygen atoms in total. The topological polar surface area (TPSA) is 85.8 Å². The zero-order chi connectivity index (χ0) is 18.0. The molecule has 1 amide bonds. The van der Waals surface area contributed by atoms with Crippen molar-refractivity contribution >= 4 is 5.91 Å². The van der Waals surface area contributed by atoms with Gasteiger partial charge in [-0.05, 0) is 31.2 Å². The molecule has 0 bridgehead atoms. The quantitative estimate of drug-likeness (QED) is 0.789. The zero-order valence-corrected chi connectivity index (χ0v) is 14.7. The smallest absolute Gasteiger partial charge is 0.253 e. The van der Waals surface area contributed by atoms with Gasteiger partial charge < -0.3 is 14.4 Å². The number of hydrogen-bond acceptors (Lipinski definition) is 5. The maximum absolute atomic E-state index is 12.4. The predicted octanol–water partition coefficient (Wildman–Crippen LogP) is 3.04. The van der Waals surface area contributed by atoms with Crippen LogP contribution in [0.5, 0.6) is 0 Å². The van der Waals surface area contributed by atoms with Crippen molar-refractivity contribution in [3.8, 4) is 5.82 Å². The molecule has 0 spiro atoms. The van der Waals surface area contributed by atoms with Crippen LogP contribution < -0.4 is 5.32 Å². The van der Waals surface area contributed by atoms with E-state index in [9.17, 15) is 4.79 Å². The molecule has 3 rings (SSSR count). The summed E-state index contributed by atoms with van der Waals surface area (Å²) in [6, 6.07) is 6.98. The number of rotatable bonds is 4. The highest BCUT2D eigenvalue weighted by molar-refractivity contribution is 5.94. The van der Waals surface area contributed by atoms with E-state index in [2.05, 4.69) is 20.4 Å². The first-order valence-corrected chi connectivity index (χ1v) is 8.09. The van der Waals surface area contributed by atoms with E-state index in [1.54, 1.807) is 25.3 Å². The van der Waals surface area contributed by atoms with Crippen LogP contribution >= 0.6 is 0 Å². The molecule has 0 radical (unpaired) electrons. The van der Waals surface area contributed by atoms with E-state index < -0.39 is 0 Å². The molecule has 25 heavy (non-hydrogen) atoms. The van der Waals surface area contributed by atoms with Gasteiger partial charge in [-0.25, -0.2) is 4.98 Å². The van der Waals surface area contributed by atoms with Gasteiger partial charge in [0.1, 0.15) is 11.9 Å². The molecular formula is C18H21N5O2. The molecule has 3 heterocycles. The Bertz CT molecular complexity index is 844. The second kappa shape index (κ2) is 6.51. The van der Waals surface area contributed by atoms with Crippen molar-refractivity contribution in [2.24, 2.45) is 0 Å². The van der Waals surface area contributed by atoms with Crippen LogP contribution in [-0.2, 0) is 5.41 Å². The molecule has 7 heteroatoms. The van der Waals surface area contributed by atoms with Gasteiger partial charge in [0.05, 0.1) is 5.56 Å². The van der Waals surface area contributed by atoms with Gasteiger partial charge in [0.25, 0.3) is 5.91 Å². The largest absolute Gasteiger partial charge is 0.340 e. The van der Waals surface area contributed by atoms with Gasteiger partial charge in [-0.3, -0.25) is 4.79 Å². The number of amides is 1. The average molecular weight is 339 g/mol. The van der Waals surface area contributed by atoms with Crippen molar-refractivity contribution in [2.75, 3.05) is 0 Å². The highest BCUT2D eigenvalue weighted by Crippen LogP contribution is 2.21. The van der Waals surface area contributed by atoms with Crippen LogP contribution in [0, 0.1) is 0 Å². The van der Waals surface area contributed by atoms with Crippen LogP contribution in [-0.4, -0.2) is 25.6 Å². The molecule has 0 aliphatic rings. The number of carbonyl (C=O) groups excluding carboxylic acids is 1. The fourth-order valence-electron chi connectivity index (χ4n) is 2.22. The van der Waals surface area contributed by atoms with Gasteiger partial charge >= 0.3 is 0 Å². The second-order valence-corrected chi connectivity index (χ2v) is 6.90. The van der Waals surface area contributed by atoms with E-state index >= 15 is 0 Å². The minimum Gasteiger partial charge on any atom is -0.340 e. The van der Waals surface area contributed by atoms with Gasteiger partial charge in [0.2, 0.25) is 5.89 Å². The number of nitrogens with zero attached hydrogens (tertiary/aromatic N) is 4. The molecule has 3 aromatic heterocycles. The molecule has 0 aromatic carbocycles. The minimum absolute atomic E-state index is 0.205. The summed E-state index contributed by atoms with van der Waals surface area (Å²) in [7, 11) is 0. The zero-order valence-electron chi connectivity index (χ0n) is 14.7. The Labute approximate surface area is 146 Å². The summed E-state index contributed by atoms with van der Waals surface area (Å²) in [5.74, 6) is 1.51. The maximum Gasteiger partial charge on any atom is 0.253 e. The number of hydrogen-bond donors (Lipinski definition) is 1. The van der Waals surface area contributed by atoms with Crippen LogP contribution in [0.1, 0.15) is 55.8 Å². The molecule has 0 aliphatic heterocycles. The highest BCUT2D eigenvalue weighted by Gasteiger charge is 2.24. The highest BCUT2D eigenvalue weighted by atomic mass is 16.5. The van der Waals surface area contributed by atoms with Gasteiger partial charge in [-0.15, -0.1) is 0 Å². The van der Waals surface area contributed by atoms with Crippen molar-refractivity contribution in [1.29, 1.82) is 0 Å². The van der Waals surface area contributed by atoms with Crippen LogP contribution in [0.25, 0.3) is 5.82 Å². The SMILES string of the molecule is CC(NC(=O)c1ccc(-n2cccc2)nc1)c1nc(C(C)(C)C)no1. The lowest BCUT2D eigenvalue weighted by Gasteiger charge is -2.12. The molecule has 0 saturated carbocycles. The summed E-state index contributed by atoms with van der Waals surface area (Å²) in [4.78, 5) is 21.1. The number of pyridine rings is 1. The Morgan fingerprint density at radius 1 is 1.24 bits per heavy atom. The molecule has 1 atom stereocenters. The van der Waals surface area contributed by atoms with Gasteiger partial charge in [0, 0.05) is 24.0 Å². The maximum atomic E-state index is 12.4. The minimum atomic E-state index is -0.389. The van der Waals surface area contributed by atoms with Crippen molar-refractivity contribution in [2.45, 2.75) is 39.2 Å². The third-order valence-electron chi connectivity index (χ3n) is 3.71. The van der Waals surface area contributed by atoms with E-state index in [0.717, 1.165) is 5.82 Å². The van der Waals surface area contributed by atoms with Gasteiger partial charge in [-0.2, -0.15) is 4.98 Å². The molecule has 0 saturated heterocycles. The molecule has 0 aliphatic carbocycles. The molecular weight excluding hydrogens is 318 g/mol. The standard InChI is InChI=1S/C18H21N5O2/c1-12(16-21-17(22-25-16)18(2,3)4)20-15(24)13-7-8-14(19-11-13)23-9-5-6-10-23/h5-12H,1-4H3,(H,20,24). The van der Waals surface area contributed by atoms with Crippen molar-refractivity contribution in [3.63, 3.8) is 0 Å². The Balaban J connectivity index is 1.68. The number of nitrogens with one attached hydrogen (secondary N) is 1. The fraction of sp³-hybridized carbons (Fsp3) is 0.333. The van der Waals surface area contributed by atoms with E-state index in [0.29, 0.717) is 17.3 Å². The lowest BCUT2D eigenvalue weighted by atomic mass is 9.96. The Hall–Kier alpha value is -2.96. The van der Waals surface area contributed by atoms with Crippen molar-refractivity contribution in [1.82, 2.24) is 25.0 Å². The van der Waals surface area contributed by atoms with E-state index in [-0.39, 0.29) is 17.4 Å². The fourth-order valence-corrected chi connectivity index (χ4v) is 2.22. The molecule has 3 aromatic rings. The Morgan fingerprint density at radius 3 is 2.52 bits per heavy atom. The average Bonchev–Trinajstić information content (AvgIpc) is 3.26. The molecule has 1 unspecified atom stereocenters. The number of aromatic nitrogens is 4. The normalized spacial score (nSPS) is 12.8. The predicted molar refractivity (Wildman–Crippen MR) is 92.4 cm³/mol. The van der Waals surface area contributed by atoms with Crippen LogP contribution in [0.15, 0.2) is 47.4 Å². The summed E-state index contributed by atoms with van der Waals surface area (Å²) >= 11 is 0. The first-order chi connectivity index (χ1) is 11.8.